The lowest BCUT2D eigenvalue weighted by Crippen LogP contribution is -2.28. The fraction of sp³-hybridized carbons (Fsp3) is 0.625. The van der Waals surface area contributed by atoms with Crippen molar-refractivity contribution in [1.82, 2.24) is 0 Å². The number of aliphatic hydroxyl groups excluding tert-OH is 1. The van der Waals surface area contributed by atoms with E-state index in [1.165, 1.54) is 24.0 Å². The maximum Gasteiger partial charge on any atom is 0.0831 e. The van der Waals surface area contributed by atoms with Gasteiger partial charge in [0.2, 0.25) is 0 Å². The van der Waals surface area contributed by atoms with Gasteiger partial charge in [-0.2, -0.15) is 0 Å². The minimum absolute atomic E-state index is 0.114. The number of aliphatic hydroxyl groups is 1. The van der Waals surface area contributed by atoms with Gasteiger partial charge in [-0.15, -0.1) is 0 Å². The molecule has 0 spiro atoms. The van der Waals surface area contributed by atoms with Gasteiger partial charge in [-0.3, -0.25) is 0 Å². The van der Waals surface area contributed by atoms with Crippen LogP contribution in [0, 0.1) is 5.92 Å². The van der Waals surface area contributed by atoms with Gasteiger partial charge in [0.25, 0.3) is 0 Å². The number of fused-ring (bicyclic) bond motifs is 1. The molecule has 1 aromatic carbocycles. The Kier molecular flexibility index (Phi) is 3.67. The Labute approximate surface area is 109 Å². The molecule has 1 aromatic rings. The van der Waals surface area contributed by atoms with E-state index in [1.54, 1.807) is 0 Å². The maximum atomic E-state index is 10.1. The third-order valence-electron chi connectivity index (χ3n) is 4.48. The first-order valence-electron chi connectivity index (χ1n) is 7.22. The molecule has 0 bridgehead atoms. The molecule has 3 atom stereocenters. The smallest absolute Gasteiger partial charge is 0.0831 e. The predicted molar refractivity (Wildman–Crippen MR) is 71.4 cm³/mol. The molecule has 98 valence electrons. The van der Waals surface area contributed by atoms with Crippen LogP contribution in [-0.4, -0.2) is 17.8 Å². The van der Waals surface area contributed by atoms with E-state index in [-0.39, 0.29) is 12.2 Å². The van der Waals surface area contributed by atoms with Gasteiger partial charge in [-0.05, 0) is 42.7 Å². The topological polar surface area (TPSA) is 29.5 Å². The Morgan fingerprint density at radius 1 is 1.17 bits per heavy atom. The number of benzene rings is 1. The van der Waals surface area contributed by atoms with Crippen LogP contribution in [0.1, 0.15) is 49.3 Å². The molecule has 0 saturated heterocycles. The Bertz CT molecular complexity index is 402. The number of ether oxygens (including phenoxy) is 1. The molecule has 1 saturated carbocycles. The fourth-order valence-corrected chi connectivity index (χ4v) is 3.41. The summed E-state index contributed by atoms with van der Waals surface area (Å²) in [5, 5.41) is 10.1. The van der Waals surface area contributed by atoms with E-state index >= 15 is 0 Å². The molecule has 2 heteroatoms. The summed E-state index contributed by atoms with van der Waals surface area (Å²) < 4.78 is 5.94. The zero-order valence-electron chi connectivity index (χ0n) is 10.8. The third-order valence-corrected chi connectivity index (χ3v) is 4.48. The molecule has 0 amide bonds. The molecule has 3 rings (SSSR count). The highest BCUT2D eigenvalue weighted by molar-refractivity contribution is 5.30. The van der Waals surface area contributed by atoms with E-state index in [9.17, 15) is 5.11 Å². The quantitative estimate of drug-likeness (QED) is 0.868. The van der Waals surface area contributed by atoms with Crippen LogP contribution in [0.2, 0.25) is 0 Å². The lowest BCUT2D eigenvalue weighted by atomic mass is 9.81. The molecule has 1 aliphatic carbocycles. The zero-order chi connectivity index (χ0) is 12.4. The number of rotatable bonds is 2. The van der Waals surface area contributed by atoms with Crippen LogP contribution < -0.4 is 0 Å². The summed E-state index contributed by atoms with van der Waals surface area (Å²) in [7, 11) is 0. The summed E-state index contributed by atoms with van der Waals surface area (Å²) in [6, 6.07) is 8.60. The molecule has 2 nitrogen and oxygen atoms in total. The van der Waals surface area contributed by atoms with Gasteiger partial charge in [0, 0.05) is 0 Å². The van der Waals surface area contributed by atoms with Crippen molar-refractivity contribution in [3.8, 4) is 0 Å². The van der Waals surface area contributed by atoms with Crippen molar-refractivity contribution >= 4 is 0 Å². The molecule has 2 aliphatic rings. The van der Waals surface area contributed by atoms with Gasteiger partial charge in [-0.1, -0.05) is 37.1 Å². The lowest BCUT2D eigenvalue weighted by Gasteiger charge is -2.33. The van der Waals surface area contributed by atoms with Crippen LogP contribution >= 0.6 is 0 Å². The summed E-state index contributed by atoms with van der Waals surface area (Å²) in [6.45, 7) is 0.824. The first-order chi connectivity index (χ1) is 8.84. The predicted octanol–water partition coefficient (Wildman–Crippen LogP) is 3.24. The van der Waals surface area contributed by atoms with Crippen molar-refractivity contribution in [1.29, 1.82) is 0 Å². The normalized spacial score (nSPS) is 31.9. The maximum absolute atomic E-state index is 10.1. The van der Waals surface area contributed by atoms with Gasteiger partial charge in [-0.25, -0.2) is 0 Å². The highest BCUT2D eigenvalue weighted by Crippen LogP contribution is 2.37. The molecular weight excluding hydrogens is 224 g/mol. The van der Waals surface area contributed by atoms with Crippen molar-refractivity contribution in [2.45, 2.75) is 50.7 Å². The van der Waals surface area contributed by atoms with Crippen molar-refractivity contribution in [3.05, 3.63) is 35.4 Å². The minimum atomic E-state index is -0.114. The SMILES string of the molecule is OC1CCCCC1CC1OCCc2ccccc21. The van der Waals surface area contributed by atoms with E-state index < -0.39 is 0 Å². The molecule has 1 heterocycles. The van der Waals surface area contributed by atoms with Gasteiger partial charge < -0.3 is 9.84 Å². The fourth-order valence-electron chi connectivity index (χ4n) is 3.41. The summed E-state index contributed by atoms with van der Waals surface area (Å²) in [5.74, 6) is 0.426. The molecule has 0 aromatic heterocycles. The minimum Gasteiger partial charge on any atom is -0.393 e. The van der Waals surface area contributed by atoms with Gasteiger partial charge in [0.1, 0.15) is 0 Å². The summed E-state index contributed by atoms with van der Waals surface area (Å²) >= 11 is 0. The van der Waals surface area contributed by atoms with Gasteiger partial charge in [0.05, 0.1) is 18.8 Å². The second kappa shape index (κ2) is 5.41. The van der Waals surface area contributed by atoms with E-state index in [0.717, 1.165) is 32.3 Å². The summed E-state index contributed by atoms with van der Waals surface area (Å²) in [4.78, 5) is 0. The average molecular weight is 246 g/mol. The monoisotopic (exact) mass is 246 g/mol. The van der Waals surface area contributed by atoms with Crippen molar-refractivity contribution in [2.24, 2.45) is 5.92 Å². The second-order valence-corrected chi connectivity index (χ2v) is 5.66. The van der Waals surface area contributed by atoms with Crippen LogP contribution in [0.3, 0.4) is 0 Å². The van der Waals surface area contributed by atoms with Crippen LogP contribution in [0.4, 0.5) is 0 Å². The third kappa shape index (κ3) is 2.45. The van der Waals surface area contributed by atoms with Crippen LogP contribution in [0.25, 0.3) is 0 Å². The molecule has 1 N–H and O–H groups in total. The zero-order valence-corrected chi connectivity index (χ0v) is 10.8. The Morgan fingerprint density at radius 2 is 2.00 bits per heavy atom. The van der Waals surface area contributed by atoms with E-state index in [1.807, 2.05) is 0 Å². The molecule has 0 radical (unpaired) electrons. The molecule has 1 aliphatic heterocycles. The first-order valence-corrected chi connectivity index (χ1v) is 7.22. The average Bonchev–Trinajstić information content (AvgIpc) is 2.42. The van der Waals surface area contributed by atoms with Gasteiger partial charge in [0.15, 0.2) is 0 Å². The molecule has 18 heavy (non-hydrogen) atoms. The Hall–Kier alpha value is -0.860. The van der Waals surface area contributed by atoms with E-state index in [2.05, 4.69) is 24.3 Å². The number of hydrogen-bond acceptors (Lipinski definition) is 2. The van der Waals surface area contributed by atoms with Crippen LogP contribution in [0.5, 0.6) is 0 Å². The Morgan fingerprint density at radius 3 is 2.89 bits per heavy atom. The summed E-state index contributed by atoms with van der Waals surface area (Å²) in [6.07, 6.45) is 6.67. The molecular formula is C16H22O2. The molecule has 1 fully saturated rings. The first kappa shape index (κ1) is 12.2. The Balaban J connectivity index is 1.73. The van der Waals surface area contributed by atoms with E-state index in [4.69, 9.17) is 4.74 Å². The van der Waals surface area contributed by atoms with E-state index in [0.29, 0.717) is 5.92 Å². The van der Waals surface area contributed by atoms with Crippen molar-refractivity contribution < 1.29 is 9.84 Å². The molecule has 3 unspecified atom stereocenters. The highest BCUT2D eigenvalue weighted by Gasteiger charge is 2.29. The van der Waals surface area contributed by atoms with Crippen molar-refractivity contribution in [3.63, 3.8) is 0 Å². The second-order valence-electron chi connectivity index (χ2n) is 5.66. The highest BCUT2D eigenvalue weighted by atomic mass is 16.5. The van der Waals surface area contributed by atoms with Gasteiger partial charge >= 0.3 is 0 Å². The van der Waals surface area contributed by atoms with Crippen LogP contribution in [-0.2, 0) is 11.2 Å². The number of hydrogen-bond donors (Lipinski definition) is 1. The lowest BCUT2D eigenvalue weighted by molar-refractivity contribution is -0.00989. The van der Waals surface area contributed by atoms with Crippen LogP contribution in [0.15, 0.2) is 24.3 Å². The summed E-state index contributed by atoms with van der Waals surface area (Å²) in [5.41, 5.74) is 2.78. The largest absolute Gasteiger partial charge is 0.393 e. The standard InChI is InChI=1S/C16H22O2/c17-15-8-4-2-6-13(15)11-16-14-7-3-1-5-12(14)9-10-18-16/h1,3,5,7,13,15-17H,2,4,6,8-11H2. The van der Waals surface area contributed by atoms with Crippen molar-refractivity contribution in [2.75, 3.05) is 6.61 Å².